The van der Waals surface area contributed by atoms with Gasteiger partial charge in [0.1, 0.15) is 0 Å². The molecule has 0 aromatic carbocycles. The number of nitrogens with zero attached hydrogens (tertiary/aromatic N) is 3. The van der Waals surface area contributed by atoms with Crippen LogP contribution in [0.1, 0.15) is 12.8 Å². The van der Waals surface area contributed by atoms with Gasteiger partial charge in [-0.05, 0) is 12.8 Å². The highest BCUT2D eigenvalue weighted by molar-refractivity contribution is 7.99. The fourth-order valence-electron chi connectivity index (χ4n) is 1.23. The number of methoxy groups -OCH3 is 1. The van der Waals surface area contributed by atoms with Crippen molar-refractivity contribution in [2.45, 2.75) is 24.0 Å². The Labute approximate surface area is 109 Å². The second kappa shape index (κ2) is 5.85. The van der Waals surface area contributed by atoms with Gasteiger partial charge in [0, 0.05) is 13.1 Å². The molecule has 0 saturated heterocycles. The summed E-state index contributed by atoms with van der Waals surface area (Å²) in [6.45, 7) is 0. The SMILES string of the molecule is CNc1nc(OC)nc(SCC(=O)NC2CC2)n1. The van der Waals surface area contributed by atoms with Gasteiger partial charge in [-0.25, -0.2) is 0 Å². The molecule has 0 unspecified atom stereocenters. The summed E-state index contributed by atoms with van der Waals surface area (Å²) in [6, 6.07) is 0.610. The summed E-state index contributed by atoms with van der Waals surface area (Å²) in [6.07, 6.45) is 2.17. The summed E-state index contributed by atoms with van der Waals surface area (Å²) < 4.78 is 4.96. The van der Waals surface area contributed by atoms with Crippen molar-refractivity contribution in [3.05, 3.63) is 0 Å². The first kappa shape index (κ1) is 12.9. The molecule has 1 saturated carbocycles. The monoisotopic (exact) mass is 269 g/mol. The fourth-order valence-corrected chi connectivity index (χ4v) is 1.87. The molecule has 1 heterocycles. The lowest BCUT2D eigenvalue weighted by molar-refractivity contribution is -0.118. The van der Waals surface area contributed by atoms with E-state index in [1.54, 1.807) is 7.05 Å². The number of hydrogen-bond donors (Lipinski definition) is 2. The van der Waals surface area contributed by atoms with Crippen LogP contribution in [0.3, 0.4) is 0 Å². The van der Waals surface area contributed by atoms with Gasteiger partial charge in [-0.2, -0.15) is 15.0 Å². The molecular formula is C10H15N5O2S. The number of ether oxygens (including phenoxy) is 1. The van der Waals surface area contributed by atoms with Crippen LogP contribution in [0.2, 0.25) is 0 Å². The Hall–Kier alpha value is -1.57. The third-order valence-electron chi connectivity index (χ3n) is 2.28. The Balaban J connectivity index is 1.92. The molecule has 98 valence electrons. The van der Waals surface area contributed by atoms with Crippen molar-refractivity contribution in [3.8, 4) is 6.01 Å². The summed E-state index contributed by atoms with van der Waals surface area (Å²) in [4.78, 5) is 23.7. The molecule has 0 atom stereocenters. The quantitative estimate of drug-likeness (QED) is 0.717. The van der Waals surface area contributed by atoms with E-state index in [4.69, 9.17) is 4.74 Å². The van der Waals surface area contributed by atoms with E-state index in [0.717, 1.165) is 12.8 Å². The van der Waals surface area contributed by atoms with Crippen molar-refractivity contribution in [1.82, 2.24) is 20.3 Å². The first-order valence-corrected chi connectivity index (χ1v) is 6.60. The molecule has 1 fully saturated rings. The molecule has 1 aliphatic carbocycles. The maximum atomic E-state index is 11.5. The number of hydrogen-bond acceptors (Lipinski definition) is 7. The van der Waals surface area contributed by atoms with Crippen LogP contribution in [0.15, 0.2) is 5.16 Å². The van der Waals surface area contributed by atoms with E-state index < -0.39 is 0 Å². The van der Waals surface area contributed by atoms with Gasteiger partial charge in [0.2, 0.25) is 11.9 Å². The molecule has 18 heavy (non-hydrogen) atoms. The molecule has 2 N–H and O–H groups in total. The molecule has 0 aliphatic heterocycles. The molecule has 1 aromatic heterocycles. The first-order valence-electron chi connectivity index (χ1n) is 5.61. The van der Waals surface area contributed by atoms with E-state index in [0.29, 0.717) is 22.9 Å². The van der Waals surface area contributed by atoms with Crippen LogP contribution in [0.5, 0.6) is 6.01 Å². The van der Waals surface area contributed by atoms with Gasteiger partial charge in [0.05, 0.1) is 12.9 Å². The molecule has 1 aliphatic rings. The van der Waals surface area contributed by atoms with Gasteiger partial charge in [-0.1, -0.05) is 11.8 Å². The van der Waals surface area contributed by atoms with Gasteiger partial charge < -0.3 is 15.4 Å². The highest BCUT2D eigenvalue weighted by Crippen LogP contribution is 2.20. The van der Waals surface area contributed by atoms with Crippen molar-refractivity contribution < 1.29 is 9.53 Å². The molecule has 2 rings (SSSR count). The Morgan fingerprint density at radius 2 is 2.22 bits per heavy atom. The Bertz CT molecular complexity index is 416. The van der Waals surface area contributed by atoms with Crippen LogP contribution < -0.4 is 15.4 Å². The van der Waals surface area contributed by atoms with E-state index in [9.17, 15) is 4.79 Å². The van der Waals surface area contributed by atoms with Crippen LogP contribution in [0, 0.1) is 0 Å². The van der Waals surface area contributed by atoms with Crippen molar-refractivity contribution >= 4 is 23.6 Å². The summed E-state index contributed by atoms with van der Waals surface area (Å²) >= 11 is 1.26. The fraction of sp³-hybridized carbons (Fsp3) is 0.600. The molecule has 0 bridgehead atoms. The van der Waals surface area contributed by atoms with E-state index in [-0.39, 0.29) is 11.9 Å². The van der Waals surface area contributed by atoms with Crippen LogP contribution in [0.25, 0.3) is 0 Å². The number of amides is 1. The van der Waals surface area contributed by atoms with Gasteiger partial charge in [-0.15, -0.1) is 0 Å². The predicted molar refractivity (Wildman–Crippen MR) is 67.8 cm³/mol. The van der Waals surface area contributed by atoms with Gasteiger partial charge in [-0.3, -0.25) is 4.79 Å². The van der Waals surface area contributed by atoms with Crippen LogP contribution in [0.4, 0.5) is 5.95 Å². The van der Waals surface area contributed by atoms with Crippen molar-refractivity contribution in [3.63, 3.8) is 0 Å². The maximum Gasteiger partial charge on any atom is 0.321 e. The second-order valence-corrected chi connectivity index (χ2v) is 4.75. The Morgan fingerprint density at radius 1 is 1.44 bits per heavy atom. The van der Waals surface area contributed by atoms with Gasteiger partial charge >= 0.3 is 6.01 Å². The molecule has 1 amide bonds. The number of thioether (sulfide) groups is 1. The van der Waals surface area contributed by atoms with E-state index in [2.05, 4.69) is 25.6 Å². The Kier molecular flexibility index (Phi) is 4.19. The molecule has 0 spiro atoms. The molecular weight excluding hydrogens is 254 g/mol. The van der Waals surface area contributed by atoms with Crippen LogP contribution in [-0.2, 0) is 4.79 Å². The maximum absolute atomic E-state index is 11.5. The third kappa shape index (κ3) is 3.73. The lowest BCUT2D eigenvalue weighted by Crippen LogP contribution is -2.27. The summed E-state index contributed by atoms with van der Waals surface area (Å²) in [5.41, 5.74) is 0. The minimum atomic E-state index is 0.00730. The highest BCUT2D eigenvalue weighted by atomic mass is 32.2. The number of aromatic nitrogens is 3. The molecule has 0 radical (unpaired) electrons. The van der Waals surface area contributed by atoms with E-state index in [1.807, 2.05) is 0 Å². The Morgan fingerprint density at radius 3 is 2.83 bits per heavy atom. The number of carbonyl (C=O) groups is 1. The van der Waals surface area contributed by atoms with E-state index >= 15 is 0 Å². The number of carbonyl (C=O) groups excluding carboxylic acids is 1. The lowest BCUT2D eigenvalue weighted by Gasteiger charge is -2.05. The number of nitrogens with one attached hydrogen (secondary N) is 2. The lowest BCUT2D eigenvalue weighted by atomic mass is 10.6. The predicted octanol–water partition coefficient (Wildman–Crippen LogP) is 0.293. The smallest absolute Gasteiger partial charge is 0.321 e. The third-order valence-corrected chi connectivity index (χ3v) is 3.12. The normalized spacial score (nSPS) is 14.1. The van der Waals surface area contributed by atoms with Crippen molar-refractivity contribution in [1.29, 1.82) is 0 Å². The molecule has 8 heteroatoms. The average Bonchev–Trinajstić information content (AvgIpc) is 3.19. The van der Waals surface area contributed by atoms with Crippen molar-refractivity contribution in [2.24, 2.45) is 0 Å². The minimum absolute atomic E-state index is 0.00730. The van der Waals surface area contributed by atoms with Gasteiger partial charge in [0.15, 0.2) is 5.16 Å². The zero-order valence-electron chi connectivity index (χ0n) is 10.3. The standard InChI is InChI=1S/C10H15N5O2S/c1-11-8-13-9(17-2)15-10(14-8)18-5-7(16)12-6-3-4-6/h6H,3-5H2,1-2H3,(H,12,16)(H,11,13,14,15). The zero-order valence-corrected chi connectivity index (χ0v) is 11.1. The van der Waals surface area contributed by atoms with Crippen LogP contribution >= 0.6 is 11.8 Å². The van der Waals surface area contributed by atoms with Crippen molar-refractivity contribution in [2.75, 3.05) is 25.2 Å². The second-order valence-electron chi connectivity index (χ2n) is 3.81. The largest absolute Gasteiger partial charge is 0.467 e. The minimum Gasteiger partial charge on any atom is -0.467 e. The summed E-state index contributed by atoms with van der Waals surface area (Å²) in [5, 5.41) is 6.19. The molecule has 1 aromatic rings. The summed E-state index contributed by atoms with van der Waals surface area (Å²) in [7, 11) is 3.20. The van der Waals surface area contributed by atoms with Crippen LogP contribution in [-0.4, -0.2) is 46.8 Å². The van der Waals surface area contributed by atoms with E-state index in [1.165, 1.54) is 18.9 Å². The number of rotatable bonds is 6. The topological polar surface area (TPSA) is 89.0 Å². The molecule has 7 nitrogen and oxygen atoms in total. The number of anilines is 1. The highest BCUT2D eigenvalue weighted by Gasteiger charge is 2.23. The first-order chi connectivity index (χ1) is 8.71. The summed E-state index contributed by atoms with van der Waals surface area (Å²) in [5.74, 6) is 0.729. The van der Waals surface area contributed by atoms with Gasteiger partial charge in [0.25, 0.3) is 0 Å². The average molecular weight is 269 g/mol. The zero-order chi connectivity index (χ0) is 13.0.